The maximum Gasteiger partial charge on any atom is 0.225 e. The third kappa shape index (κ3) is 4.74. The summed E-state index contributed by atoms with van der Waals surface area (Å²) in [6.45, 7) is 0.0975. The zero-order valence-corrected chi connectivity index (χ0v) is 11.4. The largest absolute Gasteiger partial charge is 0.388 e. The molecule has 1 aliphatic rings. The lowest BCUT2D eigenvalue weighted by atomic mass is 10.3. The number of hydrogen-bond acceptors (Lipinski definition) is 8. The molecule has 1 aromatic heterocycles. The highest BCUT2D eigenvalue weighted by Crippen LogP contribution is 2.12. The fourth-order valence-corrected chi connectivity index (χ4v) is 1.28. The van der Waals surface area contributed by atoms with Crippen molar-refractivity contribution in [3.8, 4) is 0 Å². The van der Waals surface area contributed by atoms with Crippen molar-refractivity contribution in [2.45, 2.75) is 12.4 Å². The van der Waals surface area contributed by atoms with E-state index < -0.39 is 5.79 Å². The van der Waals surface area contributed by atoms with Gasteiger partial charge < -0.3 is 19.7 Å². The van der Waals surface area contributed by atoms with Gasteiger partial charge in [-0.3, -0.25) is 4.99 Å². The van der Waals surface area contributed by atoms with Gasteiger partial charge in [-0.1, -0.05) is 0 Å². The number of methoxy groups -OCH3 is 2. The van der Waals surface area contributed by atoms with Gasteiger partial charge in [0.25, 0.3) is 0 Å². The number of aromatic nitrogens is 2. The third-order valence-corrected chi connectivity index (χ3v) is 2.49. The summed E-state index contributed by atoms with van der Waals surface area (Å²) in [5.74, 6) is 0.0193. The Morgan fingerprint density at radius 2 is 1.80 bits per heavy atom. The van der Waals surface area contributed by atoms with Crippen LogP contribution in [0.15, 0.2) is 28.4 Å². The molecule has 1 aliphatic heterocycles. The Kier molecular flexibility index (Phi) is 6.88. The Bertz CT molecular complexity index is 446. The molecule has 1 aromatic rings. The standard InChI is InChI=1S/C7H12N2O3.C5H6N2O/c1-11-7(12-2)4-8-6(3-10)9-5-7;8-4-5-6-2-1-3-7-5/h4,10H,3,5H2,1-2H3;1-3,8H,4H2. The summed E-state index contributed by atoms with van der Waals surface area (Å²) < 4.78 is 10.1. The van der Waals surface area contributed by atoms with Gasteiger partial charge in [0, 0.05) is 26.6 Å². The molecule has 0 bridgehead atoms. The van der Waals surface area contributed by atoms with Gasteiger partial charge in [0.05, 0.1) is 6.21 Å². The van der Waals surface area contributed by atoms with Gasteiger partial charge >= 0.3 is 0 Å². The van der Waals surface area contributed by atoms with Crippen LogP contribution in [0.3, 0.4) is 0 Å². The monoisotopic (exact) mass is 282 g/mol. The molecule has 0 spiro atoms. The number of aliphatic hydroxyl groups excluding tert-OH is 2. The second-order valence-electron chi connectivity index (χ2n) is 3.69. The van der Waals surface area contributed by atoms with E-state index in [2.05, 4.69) is 20.0 Å². The summed E-state index contributed by atoms with van der Waals surface area (Å²) in [5, 5.41) is 17.1. The van der Waals surface area contributed by atoms with Crippen LogP contribution in [0.4, 0.5) is 0 Å². The molecule has 0 saturated heterocycles. The minimum Gasteiger partial charge on any atom is -0.388 e. The van der Waals surface area contributed by atoms with Gasteiger partial charge in [-0.05, 0) is 6.07 Å². The molecule has 0 radical (unpaired) electrons. The highest BCUT2D eigenvalue weighted by atomic mass is 16.7. The normalized spacial score (nSPS) is 16.1. The number of aliphatic imine (C=N–C) groups is 2. The molecule has 2 N–H and O–H groups in total. The van der Waals surface area contributed by atoms with Crippen LogP contribution < -0.4 is 0 Å². The Morgan fingerprint density at radius 1 is 1.15 bits per heavy atom. The molecule has 0 fully saturated rings. The van der Waals surface area contributed by atoms with Crippen LogP contribution in [0.5, 0.6) is 0 Å². The summed E-state index contributed by atoms with van der Waals surface area (Å²) >= 11 is 0. The summed E-state index contributed by atoms with van der Waals surface area (Å²) in [4.78, 5) is 15.3. The minimum absolute atomic E-state index is 0.0825. The van der Waals surface area contributed by atoms with Crippen molar-refractivity contribution < 1.29 is 19.7 Å². The lowest BCUT2D eigenvalue weighted by Gasteiger charge is -2.26. The zero-order chi connectivity index (χ0) is 14.8. The molecule has 0 saturated carbocycles. The second-order valence-corrected chi connectivity index (χ2v) is 3.69. The first-order valence-corrected chi connectivity index (χ1v) is 5.86. The van der Waals surface area contributed by atoms with Gasteiger partial charge in [-0.25, -0.2) is 15.0 Å². The first-order chi connectivity index (χ1) is 9.69. The summed E-state index contributed by atoms with van der Waals surface area (Å²) in [7, 11) is 3.05. The van der Waals surface area contributed by atoms with Gasteiger partial charge in [0.2, 0.25) is 5.79 Å². The van der Waals surface area contributed by atoms with E-state index in [1.165, 1.54) is 20.4 Å². The molecule has 0 unspecified atom stereocenters. The lowest BCUT2D eigenvalue weighted by Crippen LogP contribution is -2.41. The first kappa shape index (κ1) is 16.3. The lowest BCUT2D eigenvalue weighted by molar-refractivity contribution is -0.142. The molecule has 8 heteroatoms. The molecule has 2 heterocycles. The van der Waals surface area contributed by atoms with Gasteiger partial charge in [-0.2, -0.15) is 0 Å². The maximum absolute atomic E-state index is 8.68. The molecule has 0 aliphatic carbocycles. The summed E-state index contributed by atoms with van der Waals surface area (Å²) in [6.07, 6.45) is 4.70. The molecule has 110 valence electrons. The van der Waals surface area contributed by atoms with Gasteiger partial charge in [-0.15, -0.1) is 0 Å². The molecule has 0 atom stereocenters. The van der Waals surface area contributed by atoms with Crippen molar-refractivity contribution in [2.24, 2.45) is 9.98 Å². The number of aliphatic hydroxyl groups is 2. The van der Waals surface area contributed by atoms with E-state index in [0.29, 0.717) is 18.2 Å². The van der Waals surface area contributed by atoms with Crippen molar-refractivity contribution in [1.29, 1.82) is 0 Å². The van der Waals surface area contributed by atoms with Crippen molar-refractivity contribution in [2.75, 3.05) is 27.4 Å². The predicted molar refractivity (Wildman–Crippen MR) is 72.6 cm³/mol. The van der Waals surface area contributed by atoms with E-state index in [0.717, 1.165) is 0 Å². The van der Waals surface area contributed by atoms with E-state index in [4.69, 9.17) is 19.7 Å². The van der Waals surface area contributed by atoms with Gasteiger partial charge in [0.15, 0.2) is 5.82 Å². The van der Waals surface area contributed by atoms with Crippen LogP contribution >= 0.6 is 0 Å². The average molecular weight is 282 g/mol. The Hall–Kier alpha value is -1.74. The zero-order valence-electron chi connectivity index (χ0n) is 11.4. The number of amidine groups is 1. The van der Waals surface area contributed by atoms with Crippen LogP contribution in [0.25, 0.3) is 0 Å². The van der Waals surface area contributed by atoms with E-state index in [1.54, 1.807) is 18.5 Å². The molecule has 2 rings (SSSR count). The third-order valence-electron chi connectivity index (χ3n) is 2.49. The minimum atomic E-state index is -0.849. The average Bonchev–Trinajstić information content (AvgIpc) is 2.56. The second kappa shape index (κ2) is 8.43. The highest BCUT2D eigenvalue weighted by Gasteiger charge is 2.29. The van der Waals surface area contributed by atoms with Crippen LogP contribution in [0.2, 0.25) is 0 Å². The molecular formula is C12H18N4O4. The fourth-order valence-electron chi connectivity index (χ4n) is 1.28. The molecule has 0 aromatic carbocycles. The number of ether oxygens (including phenoxy) is 2. The Balaban J connectivity index is 0.000000217. The smallest absolute Gasteiger partial charge is 0.225 e. The van der Waals surface area contributed by atoms with E-state index >= 15 is 0 Å². The van der Waals surface area contributed by atoms with Gasteiger partial charge in [0.1, 0.15) is 25.6 Å². The van der Waals surface area contributed by atoms with Crippen LogP contribution in [-0.4, -0.2) is 65.4 Å². The van der Waals surface area contributed by atoms with Crippen molar-refractivity contribution in [3.63, 3.8) is 0 Å². The maximum atomic E-state index is 8.68. The quantitative estimate of drug-likeness (QED) is 0.715. The Morgan fingerprint density at radius 3 is 2.15 bits per heavy atom. The number of nitrogens with zero attached hydrogens (tertiary/aromatic N) is 4. The van der Waals surface area contributed by atoms with E-state index in [9.17, 15) is 0 Å². The molecule has 0 amide bonds. The summed E-state index contributed by atoms with van der Waals surface area (Å²) in [6, 6.07) is 1.71. The van der Waals surface area contributed by atoms with E-state index in [1.807, 2.05) is 0 Å². The fraction of sp³-hybridized carbons (Fsp3) is 0.500. The molecule has 20 heavy (non-hydrogen) atoms. The van der Waals surface area contributed by atoms with Crippen molar-refractivity contribution >= 4 is 12.1 Å². The Labute approximate surface area is 116 Å². The van der Waals surface area contributed by atoms with E-state index in [-0.39, 0.29) is 13.2 Å². The predicted octanol–water partition coefficient (Wildman–Crippen LogP) is -0.580. The van der Waals surface area contributed by atoms with Crippen molar-refractivity contribution in [3.05, 3.63) is 24.3 Å². The first-order valence-electron chi connectivity index (χ1n) is 5.86. The summed E-state index contributed by atoms with van der Waals surface area (Å²) in [5.41, 5.74) is 0. The molecular weight excluding hydrogens is 264 g/mol. The SMILES string of the molecule is COC1(OC)C=NC(CO)=NC1.OCc1ncccn1. The van der Waals surface area contributed by atoms with Crippen LogP contribution in [0.1, 0.15) is 5.82 Å². The van der Waals surface area contributed by atoms with Crippen LogP contribution in [0, 0.1) is 0 Å². The molecule has 8 nitrogen and oxygen atoms in total. The number of hydrogen-bond donors (Lipinski definition) is 2. The topological polar surface area (TPSA) is 109 Å². The van der Waals surface area contributed by atoms with Crippen LogP contribution in [-0.2, 0) is 16.1 Å². The highest BCUT2D eigenvalue weighted by molar-refractivity contribution is 5.93. The number of rotatable bonds is 4. The van der Waals surface area contributed by atoms with Crippen molar-refractivity contribution in [1.82, 2.24) is 9.97 Å².